The van der Waals surface area contributed by atoms with Gasteiger partial charge in [0.25, 0.3) is 5.91 Å². The number of carbonyl (C=O) groups excluding carboxylic acids is 2. The standard InChI is InChI=1S/C21H23N3O3/c25-18-12-7-13-23(14-18)15-24-19(26)21(22-20(24)27,16-8-3-1-4-9-16)17-10-5-2-6-11-17/h1-6,8-11,18,25H,7,12-15H2,(H,22,27)/t18-/m0/s1. The molecule has 2 fully saturated rings. The molecule has 2 aliphatic heterocycles. The number of rotatable bonds is 4. The van der Waals surface area contributed by atoms with Crippen LogP contribution in [0.1, 0.15) is 24.0 Å². The average molecular weight is 365 g/mol. The monoisotopic (exact) mass is 365 g/mol. The molecule has 6 nitrogen and oxygen atoms in total. The van der Waals surface area contributed by atoms with Crippen molar-refractivity contribution in [2.45, 2.75) is 24.5 Å². The molecule has 0 saturated carbocycles. The van der Waals surface area contributed by atoms with Gasteiger partial charge in [-0.25, -0.2) is 9.69 Å². The van der Waals surface area contributed by atoms with Gasteiger partial charge in [0.2, 0.25) is 0 Å². The van der Waals surface area contributed by atoms with Gasteiger partial charge in [-0.1, -0.05) is 60.7 Å². The number of nitrogens with zero attached hydrogens (tertiary/aromatic N) is 2. The van der Waals surface area contributed by atoms with Gasteiger partial charge in [-0.3, -0.25) is 9.69 Å². The van der Waals surface area contributed by atoms with E-state index in [1.165, 1.54) is 4.90 Å². The van der Waals surface area contributed by atoms with Gasteiger partial charge < -0.3 is 10.4 Å². The van der Waals surface area contributed by atoms with Crippen molar-refractivity contribution in [1.29, 1.82) is 0 Å². The third kappa shape index (κ3) is 3.11. The fourth-order valence-electron chi connectivity index (χ4n) is 4.00. The number of hydrogen-bond donors (Lipinski definition) is 2. The largest absolute Gasteiger partial charge is 0.392 e. The zero-order valence-corrected chi connectivity index (χ0v) is 15.0. The van der Waals surface area contributed by atoms with Crippen molar-refractivity contribution in [3.63, 3.8) is 0 Å². The Bertz CT molecular complexity index is 786. The van der Waals surface area contributed by atoms with Crippen LogP contribution >= 0.6 is 0 Å². The number of benzene rings is 2. The first kappa shape index (κ1) is 17.7. The van der Waals surface area contributed by atoms with Crippen LogP contribution in [0.15, 0.2) is 60.7 Å². The first-order valence-corrected chi connectivity index (χ1v) is 9.27. The summed E-state index contributed by atoms with van der Waals surface area (Å²) in [4.78, 5) is 29.6. The SMILES string of the molecule is O=C1NC(c2ccccc2)(c2ccccc2)C(=O)N1CN1CCC[C@H](O)C1. The number of hydrogen-bond acceptors (Lipinski definition) is 4. The average Bonchev–Trinajstić information content (AvgIpc) is 2.95. The molecule has 2 saturated heterocycles. The Kier molecular flexibility index (Phi) is 4.68. The molecule has 2 heterocycles. The maximum atomic E-state index is 13.5. The normalized spacial score (nSPS) is 22.7. The van der Waals surface area contributed by atoms with Gasteiger partial charge in [-0.2, -0.15) is 0 Å². The molecule has 0 spiro atoms. The highest BCUT2D eigenvalue weighted by molar-refractivity contribution is 6.09. The van der Waals surface area contributed by atoms with Crippen molar-refractivity contribution in [3.8, 4) is 0 Å². The maximum absolute atomic E-state index is 13.5. The summed E-state index contributed by atoms with van der Waals surface area (Å²) >= 11 is 0. The summed E-state index contributed by atoms with van der Waals surface area (Å²) in [5.41, 5.74) is 0.236. The van der Waals surface area contributed by atoms with Crippen LogP contribution in [0.2, 0.25) is 0 Å². The zero-order valence-electron chi connectivity index (χ0n) is 15.0. The zero-order chi connectivity index (χ0) is 18.9. The van der Waals surface area contributed by atoms with E-state index in [-0.39, 0.29) is 12.6 Å². The predicted octanol–water partition coefficient (Wildman–Crippen LogP) is 1.90. The predicted molar refractivity (Wildman–Crippen MR) is 101 cm³/mol. The summed E-state index contributed by atoms with van der Waals surface area (Å²) in [5, 5.41) is 12.8. The van der Waals surface area contributed by atoms with Crippen LogP contribution in [0.25, 0.3) is 0 Å². The Morgan fingerprint density at radius 2 is 1.59 bits per heavy atom. The van der Waals surface area contributed by atoms with Crippen molar-refractivity contribution >= 4 is 11.9 Å². The number of β-amino-alcohol motifs (C(OH)–C–C–N with tert-alkyl or cyclic N) is 1. The van der Waals surface area contributed by atoms with E-state index in [1.807, 2.05) is 65.6 Å². The van der Waals surface area contributed by atoms with Crippen LogP contribution < -0.4 is 5.32 Å². The second-order valence-corrected chi connectivity index (χ2v) is 7.16. The molecular weight excluding hydrogens is 342 g/mol. The van der Waals surface area contributed by atoms with Crippen molar-refractivity contribution in [2.75, 3.05) is 19.8 Å². The molecule has 0 bridgehead atoms. The quantitative estimate of drug-likeness (QED) is 0.812. The fraction of sp³-hybridized carbons (Fsp3) is 0.333. The number of nitrogens with one attached hydrogen (secondary N) is 1. The van der Waals surface area contributed by atoms with Crippen LogP contribution in [0.5, 0.6) is 0 Å². The minimum atomic E-state index is -1.23. The Morgan fingerprint density at radius 1 is 1.00 bits per heavy atom. The van der Waals surface area contributed by atoms with Crippen LogP contribution in [0.3, 0.4) is 0 Å². The van der Waals surface area contributed by atoms with Gasteiger partial charge in [0.1, 0.15) is 0 Å². The Balaban J connectivity index is 1.71. The summed E-state index contributed by atoms with van der Waals surface area (Å²) in [6.45, 7) is 1.42. The Hall–Kier alpha value is -2.70. The molecule has 0 unspecified atom stereocenters. The number of piperidine rings is 1. The van der Waals surface area contributed by atoms with Crippen molar-refractivity contribution in [3.05, 3.63) is 71.8 Å². The van der Waals surface area contributed by atoms with Crippen molar-refractivity contribution in [1.82, 2.24) is 15.1 Å². The number of imide groups is 1. The van der Waals surface area contributed by atoms with Crippen molar-refractivity contribution < 1.29 is 14.7 Å². The minimum Gasteiger partial charge on any atom is -0.392 e. The lowest BCUT2D eigenvalue weighted by Gasteiger charge is -2.33. The summed E-state index contributed by atoms with van der Waals surface area (Å²) in [5.74, 6) is -0.287. The molecule has 2 N–H and O–H groups in total. The highest BCUT2D eigenvalue weighted by atomic mass is 16.3. The van der Waals surface area contributed by atoms with Crippen LogP contribution in [0, 0.1) is 0 Å². The summed E-state index contributed by atoms with van der Waals surface area (Å²) in [6, 6.07) is 18.3. The lowest BCUT2D eigenvalue weighted by Crippen LogP contribution is -2.48. The fourth-order valence-corrected chi connectivity index (χ4v) is 4.00. The highest BCUT2D eigenvalue weighted by Crippen LogP contribution is 2.36. The lowest BCUT2D eigenvalue weighted by molar-refractivity contribution is -0.132. The Morgan fingerprint density at radius 3 is 2.15 bits per heavy atom. The minimum absolute atomic E-state index is 0.184. The smallest absolute Gasteiger partial charge is 0.326 e. The third-order valence-corrected chi connectivity index (χ3v) is 5.34. The lowest BCUT2D eigenvalue weighted by atomic mass is 9.83. The molecule has 1 atom stereocenters. The first-order valence-electron chi connectivity index (χ1n) is 9.27. The van der Waals surface area contributed by atoms with E-state index in [9.17, 15) is 14.7 Å². The molecule has 2 aromatic rings. The number of likely N-dealkylation sites (tertiary alicyclic amines) is 1. The molecule has 6 heteroatoms. The van der Waals surface area contributed by atoms with Crippen molar-refractivity contribution in [2.24, 2.45) is 0 Å². The molecule has 140 valence electrons. The molecule has 0 aromatic heterocycles. The van der Waals surface area contributed by atoms with Gasteiger partial charge in [0.15, 0.2) is 5.54 Å². The van der Waals surface area contributed by atoms with Gasteiger partial charge in [0, 0.05) is 13.1 Å². The summed E-state index contributed by atoms with van der Waals surface area (Å²) in [7, 11) is 0. The van der Waals surface area contributed by atoms with Gasteiger partial charge >= 0.3 is 6.03 Å². The molecular formula is C21H23N3O3. The third-order valence-electron chi connectivity index (χ3n) is 5.34. The van der Waals surface area contributed by atoms with E-state index in [0.717, 1.165) is 30.5 Å². The topological polar surface area (TPSA) is 72.9 Å². The Labute approximate surface area is 158 Å². The maximum Gasteiger partial charge on any atom is 0.326 e. The summed E-state index contributed by atoms with van der Waals surface area (Å²) in [6.07, 6.45) is 1.20. The van der Waals surface area contributed by atoms with E-state index in [0.29, 0.717) is 6.54 Å². The second kappa shape index (κ2) is 7.13. The number of aliphatic hydroxyl groups excluding tert-OH is 1. The molecule has 0 radical (unpaired) electrons. The van der Waals surface area contributed by atoms with E-state index >= 15 is 0 Å². The van der Waals surface area contributed by atoms with Gasteiger partial charge in [-0.05, 0) is 24.0 Å². The first-order chi connectivity index (χ1) is 13.1. The molecule has 2 aliphatic rings. The van der Waals surface area contributed by atoms with E-state index in [2.05, 4.69) is 5.32 Å². The highest BCUT2D eigenvalue weighted by Gasteiger charge is 2.53. The van der Waals surface area contributed by atoms with Crippen LogP contribution in [-0.4, -0.2) is 52.7 Å². The van der Waals surface area contributed by atoms with E-state index in [1.54, 1.807) is 0 Å². The molecule has 0 aliphatic carbocycles. The molecule has 2 aromatic carbocycles. The second-order valence-electron chi connectivity index (χ2n) is 7.16. The van der Waals surface area contributed by atoms with Crippen LogP contribution in [-0.2, 0) is 10.3 Å². The van der Waals surface area contributed by atoms with Gasteiger partial charge in [0.05, 0.1) is 12.8 Å². The van der Waals surface area contributed by atoms with Gasteiger partial charge in [-0.15, -0.1) is 0 Å². The number of urea groups is 1. The van der Waals surface area contributed by atoms with E-state index < -0.39 is 17.7 Å². The number of carbonyl (C=O) groups is 2. The van der Waals surface area contributed by atoms with Crippen LogP contribution in [0.4, 0.5) is 4.79 Å². The summed E-state index contributed by atoms with van der Waals surface area (Å²) < 4.78 is 0. The number of amides is 3. The molecule has 3 amide bonds. The molecule has 27 heavy (non-hydrogen) atoms. The number of aliphatic hydroxyl groups is 1. The molecule has 4 rings (SSSR count). The van der Waals surface area contributed by atoms with E-state index in [4.69, 9.17) is 0 Å².